The van der Waals surface area contributed by atoms with Gasteiger partial charge >= 0.3 is 5.97 Å². The van der Waals surface area contributed by atoms with E-state index < -0.39 is 6.10 Å². The number of carbonyl (C=O) groups is 1. The Morgan fingerprint density at radius 2 is 2.14 bits per heavy atom. The Bertz CT molecular complexity index is 539. The molecule has 0 aromatic heterocycles. The average molecular weight is 393 g/mol. The molecule has 28 heavy (non-hydrogen) atoms. The van der Waals surface area contributed by atoms with E-state index in [0.29, 0.717) is 24.2 Å². The standard InChI is InChI=1S/C24H40O4/c1-4-5-8-17(2)13-20(25)11-12-21-22-15-18(14-19(22)16-23(21)26)9-6-7-10-24(27)28-3/h11-12,14,17,19-23,25-26H,4-10,13,15-16H2,1-3H3. The molecule has 1 saturated carbocycles. The van der Waals surface area contributed by atoms with E-state index in [4.69, 9.17) is 0 Å². The van der Waals surface area contributed by atoms with Crippen molar-refractivity contribution in [1.82, 2.24) is 0 Å². The third kappa shape index (κ3) is 7.04. The van der Waals surface area contributed by atoms with Gasteiger partial charge in [0, 0.05) is 12.3 Å². The molecule has 0 radical (unpaired) electrons. The normalized spacial score (nSPS) is 29.0. The van der Waals surface area contributed by atoms with Crippen LogP contribution in [0, 0.1) is 23.7 Å². The van der Waals surface area contributed by atoms with Crippen molar-refractivity contribution < 1.29 is 19.7 Å². The van der Waals surface area contributed by atoms with Crippen molar-refractivity contribution in [2.45, 2.75) is 90.3 Å². The van der Waals surface area contributed by atoms with E-state index >= 15 is 0 Å². The Balaban J connectivity index is 1.77. The maximum Gasteiger partial charge on any atom is 0.305 e. The number of hydrogen-bond donors (Lipinski definition) is 2. The molecular weight excluding hydrogens is 352 g/mol. The lowest BCUT2D eigenvalue weighted by Gasteiger charge is -2.19. The van der Waals surface area contributed by atoms with Crippen LogP contribution < -0.4 is 0 Å². The summed E-state index contributed by atoms with van der Waals surface area (Å²) in [5.74, 6) is 1.47. The molecular formula is C24H40O4. The first-order valence-corrected chi connectivity index (χ1v) is 11.2. The van der Waals surface area contributed by atoms with E-state index in [1.807, 2.05) is 6.08 Å². The Kier molecular flexibility index (Phi) is 9.73. The van der Waals surface area contributed by atoms with Crippen LogP contribution in [0.25, 0.3) is 0 Å². The third-order valence-electron chi connectivity index (χ3n) is 6.56. The van der Waals surface area contributed by atoms with Gasteiger partial charge in [-0.05, 0) is 56.3 Å². The Hall–Kier alpha value is -1.13. The Labute approximate surface area is 171 Å². The van der Waals surface area contributed by atoms with Crippen LogP contribution in [0.15, 0.2) is 23.8 Å². The first kappa shape index (κ1) is 23.2. The average Bonchev–Trinajstić information content (AvgIpc) is 3.18. The fraction of sp³-hybridized carbons (Fsp3) is 0.792. The Morgan fingerprint density at radius 3 is 2.86 bits per heavy atom. The molecule has 1 fully saturated rings. The summed E-state index contributed by atoms with van der Waals surface area (Å²) in [6, 6.07) is 0. The van der Waals surface area contributed by atoms with Crippen molar-refractivity contribution in [2.24, 2.45) is 23.7 Å². The summed E-state index contributed by atoms with van der Waals surface area (Å²) >= 11 is 0. The van der Waals surface area contributed by atoms with Crippen molar-refractivity contribution in [2.75, 3.05) is 7.11 Å². The summed E-state index contributed by atoms with van der Waals surface area (Å²) in [5, 5.41) is 20.8. The second-order valence-corrected chi connectivity index (χ2v) is 8.96. The molecule has 6 unspecified atom stereocenters. The lowest BCUT2D eigenvalue weighted by atomic mass is 9.88. The number of ether oxygens (including phenoxy) is 1. The van der Waals surface area contributed by atoms with E-state index in [1.165, 1.54) is 31.9 Å². The van der Waals surface area contributed by atoms with Gasteiger partial charge in [-0.25, -0.2) is 0 Å². The molecule has 4 heteroatoms. The van der Waals surface area contributed by atoms with Gasteiger partial charge in [0.05, 0.1) is 19.3 Å². The lowest BCUT2D eigenvalue weighted by molar-refractivity contribution is -0.140. The van der Waals surface area contributed by atoms with E-state index in [2.05, 4.69) is 30.7 Å². The zero-order valence-electron chi connectivity index (χ0n) is 18.0. The number of allylic oxidation sites excluding steroid dienone is 2. The Morgan fingerprint density at radius 1 is 1.36 bits per heavy atom. The minimum Gasteiger partial charge on any atom is -0.469 e. The van der Waals surface area contributed by atoms with Gasteiger partial charge in [0.1, 0.15) is 0 Å². The second-order valence-electron chi connectivity index (χ2n) is 8.96. The molecule has 0 saturated heterocycles. The smallest absolute Gasteiger partial charge is 0.305 e. The summed E-state index contributed by atoms with van der Waals surface area (Å²) < 4.78 is 4.69. The monoisotopic (exact) mass is 392 g/mol. The van der Waals surface area contributed by atoms with Gasteiger partial charge in [-0.2, -0.15) is 0 Å². The number of rotatable bonds is 12. The highest BCUT2D eigenvalue weighted by atomic mass is 16.5. The van der Waals surface area contributed by atoms with Gasteiger partial charge in [0.15, 0.2) is 0 Å². The molecule has 6 atom stereocenters. The van der Waals surface area contributed by atoms with Crippen molar-refractivity contribution in [3.63, 3.8) is 0 Å². The van der Waals surface area contributed by atoms with E-state index in [1.54, 1.807) is 0 Å². The highest BCUT2D eigenvalue weighted by Crippen LogP contribution is 2.48. The van der Waals surface area contributed by atoms with Gasteiger partial charge in [-0.15, -0.1) is 0 Å². The largest absolute Gasteiger partial charge is 0.469 e. The number of methoxy groups -OCH3 is 1. The summed E-state index contributed by atoms with van der Waals surface area (Å²) in [4.78, 5) is 11.2. The molecule has 0 amide bonds. The van der Waals surface area contributed by atoms with Crippen LogP contribution in [0.1, 0.15) is 78.1 Å². The van der Waals surface area contributed by atoms with Crippen molar-refractivity contribution in [1.29, 1.82) is 0 Å². The second kappa shape index (κ2) is 11.8. The number of unbranched alkanes of at least 4 members (excludes halogenated alkanes) is 2. The van der Waals surface area contributed by atoms with E-state index in [-0.39, 0.29) is 18.0 Å². The molecule has 0 heterocycles. The number of fused-ring (bicyclic) bond motifs is 1. The number of hydrogen-bond acceptors (Lipinski definition) is 4. The minimum absolute atomic E-state index is 0.131. The van der Waals surface area contributed by atoms with Gasteiger partial charge < -0.3 is 14.9 Å². The van der Waals surface area contributed by atoms with Crippen LogP contribution in [0.3, 0.4) is 0 Å². The molecule has 4 nitrogen and oxygen atoms in total. The maximum atomic E-state index is 11.2. The third-order valence-corrected chi connectivity index (χ3v) is 6.56. The number of esters is 1. The molecule has 0 aliphatic heterocycles. The van der Waals surface area contributed by atoms with Crippen LogP contribution in [-0.4, -0.2) is 35.5 Å². The van der Waals surface area contributed by atoms with Crippen molar-refractivity contribution in [3.05, 3.63) is 23.8 Å². The summed E-state index contributed by atoms with van der Waals surface area (Å²) in [6.45, 7) is 4.41. The van der Waals surface area contributed by atoms with Gasteiger partial charge in [-0.3, -0.25) is 4.79 Å². The quantitative estimate of drug-likeness (QED) is 0.284. The molecule has 0 spiro atoms. The highest BCUT2D eigenvalue weighted by molar-refractivity contribution is 5.68. The minimum atomic E-state index is -0.412. The van der Waals surface area contributed by atoms with Gasteiger partial charge in [-0.1, -0.05) is 56.9 Å². The summed E-state index contributed by atoms with van der Waals surface area (Å²) in [7, 11) is 1.44. The topological polar surface area (TPSA) is 66.8 Å². The SMILES string of the molecule is CCCCC(C)CC(O)C=CC1C(O)CC2C=C(CCCCC(=O)OC)CC21. The molecule has 2 N–H and O–H groups in total. The van der Waals surface area contributed by atoms with Crippen LogP contribution in [0.2, 0.25) is 0 Å². The fourth-order valence-corrected chi connectivity index (χ4v) is 4.93. The number of carbonyl (C=O) groups excluding carboxylic acids is 1. The van der Waals surface area contributed by atoms with Gasteiger partial charge in [0.25, 0.3) is 0 Å². The van der Waals surface area contributed by atoms with Crippen LogP contribution in [-0.2, 0) is 9.53 Å². The maximum absolute atomic E-state index is 11.2. The molecule has 0 aromatic rings. The van der Waals surface area contributed by atoms with Crippen LogP contribution in [0.4, 0.5) is 0 Å². The van der Waals surface area contributed by atoms with Crippen LogP contribution >= 0.6 is 0 Å². The van der Waals surface area contributed by atoms with Gasteiger partial charge in [0.2, 0.25) is 0 Å². The summed E-state index contributed by atoms with van der Waals surface area (Å²) in [5.41, 5.74) is 1.47. The van der Waals surface area contributed by atoms with E-state index in [0.717, 1.165) is 38.5 Å². The predicted octanol–water partition coefficient (Wildman–Crippen LogP) is 4.80. The molecule has 2 aliphatic rings. The van der Waals surface area contributed by atoms with Crippen molar-refractivity contribution >= 4 is 5.97 Å². The summed E-state index contributed by atoms with van der Waals surface area (Å²) in [6.07, 6.45) is 15.3. The molecule has 0 aromatic carbocycles. The highest BCUT2D eigenvalue weighted by Gasteiger charge is 2.43. The first-order valence-electron chi connectivity index (χ1n) is 11.2. The fourth-order valence-electron chi connectivity index (χ4n) is 4.93. The van der Waals surface area contributed by atoms with E-state index in [9.17, 15) is 15.0 Å². The van der Waals surface area contributed by atoms with Crippen molar-refractivity contribution in [3.8, 4) is 0 Å². The zero-order valence-corrected chi connectivity index (χ0v) is 18.0. The molecule has 160 valence electrons. The first-order chi connectivity index (χ1) is 13.4. The van der Waals surface area contributed by atoms with Crippen LogP contribution in [0.5, 0.6) is 0 Å². The number of aliphatic hydroxyl groups is 2. The lowest BCUT2D eigenvalue weighted by Crippen LogP contribution is -2.18. The molecule has 2 rings (SSSR count). The molecule has 0 bridgehead atoms. The number of aliphatic hydroxyl groups excluding tert-OH is 2. The predicted molar refractivity (Wildman–Crippen MR) is 113 cm³/mol. The molecule has 2 aliphatic carbocycles. The zero-order chi connectivity index (χ0) is 20.5.